The van der Waals surface area contributed by atoms with Crippen molar-refractivity contribution in [1.29, 1.82) is 0 Å². The molecule has 6 heteroatoms. The van der Waals surface area contributed by atoms with Gasteiger partial charge in [-0.2, -0.15) is 5.10 Å². The topological polar surface area (TPSA) is 62.7 Å². The third kappa shape index (κ3) is 5.38. The molecule has 0 aromatic heterocycles. The molecule has 5 nitrogen and oxygen atoms in total. The average molecular weight is 390 g/mol. The van der Waals surface area contributed by atoms with Crippen LogP contribution in [0.2, 0.25) is 0 Å². The zero-order valence-electron chi connectivity index (χ0n) is 13.7. The van der Waals surface area contributed by atoms with E-state index in [9.17, 15) is 4.79 Å². The summed E-state index contributed by atoms with van der Waals surface area (Å²) in [5, 5.41) is 7.27. The minimum atomic E-state index is -0.209. The van der Waals surface area contributed by atoms with Crippen molar-refractivity contribution in [1.82, 2.24) is 5.43 Å². The second-order valence-electron chi connectivity index (χ2n) is 5.04. The second-order valence-corrected chi connectivity index (χ2v) is 5.96. The Balaban J connectivity index is 1.93. The van der Waals surface area contributed by atoms with Crippen LogP contribution in [0.1, 0.15) is 18.9 Å². The molecule has 0 radical (unpaired) electrons. The Morgan fingerprint density at radius 2 is 2.00 bits per heavy atom. The number of hydrogen-bond donors (Lipinski definition) is 2. The summed E-state index contributed by atoms with van der Waals surface area (Å²) in [6.07, 6.45) is 0.722. The smallest absolute Gasteiger partial charge is 0.259 e. The number of benzene rings is 2. The van der Waals surface area contributed by atoms with Crippen LogP contribution >= 0.6 is 15.9 Å². The van der Waals surface area contributed by atoms with Gasteiger partial charge in [0.2, 0.25) is 0 Å². The van der Waals surface area contributed by atoms with Gasteiger partial charge in [-0.1, -0.05) is 41.1 Å². The summed E-state index contributed by atoms with van der Waals surface area (Å²) >= 11 is 3.44. The number of rotatable bonds is 7. The molecule has 0 saturated carbocycles. The fourth-order valence-corrected chi connectivity index (χ4v) is 2.50. The molecule has 0 fully saturated rings. The lowest BCUT2D eigenvalue weighted by molar-refractivity contribution is -0.119. The predicted molar refractivity (Wildman–Crippen MR) is 101 cm³/mol. The molecular formula is C18H20BrN3O2. The van der Waals surface area contributed by atoms with Crippen LogP contribution in [0.4, 0.5) is 5.69 Å². The molecule has 2 aromatic carbocycles. The number of ether oxygens (including phenoxy) is 1. The lowest BCUT2D eigenvalue weighted by atomic mass is 10.1. The largest absolute Gasteiger partial charge is 0.497 e. The van der Waals surface area contributed by atoms with Crippen LogP contribution < -0.4 is 15.5 Å². The third-order valence-electron chi connectivity index (χ3n) is 3.33. The highest BCUT2D eigenvalue weighted by Gasteiger charge is 2.05. The number of nitrogens with one attached hydrogen (secondary N) is 2. The summed E-state index contributed by atoms with van der Waals surface area (Å²) in [6, 6.07) is 15.2. The lowest BCUT2D eigenvalue weighted by Crippen LogP contribution is -2.27. The van der Waals surface area contributed by atoms with E-state index in [0.717, 1.165) is 33.6 Å². The van der Waals surface area contributed by atoms with E-state index in [1.807, 2.05) is 55.5 Å². The van der Waals surface area contributed by atoms with E-state index in [1.54, 1.807) is 7.11 Å². The minimum absolute atomic E-state index is 0.131. The Hall–Kier alpha value is -2.34. The van der Waals surface area contributed by atoms with Crippen LogP contribution in [0.15, 0.2) is 58.1 Å². The monoisotopic (exact) mass is 389 g/mol. The standard InChI is InChI=1S/C18H20BrN3O2/c1-3-17(13-6-4-7-14(19)10-13)21-22-18(23)12-20-15-8-5-9-16(11-15)24-2/h4-11,20H,3,12H2,1-2H3,(H,22,23)/b21-17-. The van der Waals surface area contributed by atoms with Gasteiger partial charge in [0.1, 0.15) is 5.75 Å². The molecule has 24 heavy (non-hydrogen) atoms. The van der Waals surface area contributed by atoms with E-state index in [4.69, 9.17) is 4.74 Å². The fourth-order valence-electron chi connectivity index (χ4n) is 2.10. The molecule has 0 saturated heterocycles. The molecular weight excluding hydrogens is 370 g/mol. The number of carbonyl (C=O) groups excluding carboxylic acids is 1. The Bertz CT molecular complexity index is 732. The first-order chi connectivity index (χ1) is 11.6. The maximum atomic E-state index is 12.0. The molecule has 0 spiro atoms. The summed E-state index contributed by atoms with van der Waals surface area (Å²) in [5.74, 6) is 0.528. The Kier molecular flexibility index (Phi) is 6.81. The van der Waals surface area contributed by atoms with Gasteiger partial charge in [-0.25, -0.2) is 5.43 Å². The highest BCUT2D eigenvalue weighted by atomic mass is 79.9. The van der Waals surface area contributed by atoms with Crippen LogP contribution in [-0.2, 0) is 4.79 Å². The average Bonchev–Trinajstić information content (AvgIpc) is 2.61. The van der Waals surface area contributed by atoms with Gasteiger partial charge in [-0.15, -0.1) is 0 Å². The normalized spacial score (nSPS) is 11.0. The first kappa shape index (κ1) is 18.0. The third-order valence-corrected chi connectivity index (χ3v) is 3.82. The van der Waals surface area contributed by atoms with Crippen molar-refractivity contribution >= 4 is 33.2 Å². The van der Waals surface area contributed by atoms with E-state index < -0.39 is 0 Å². The number of anilines is 1. The zero-order valence-corrected chi connectivity index (χ0v) is 15.3. The predicted octanol–water partition coefficient (Wildman–Crippen LogP) is 3.80. The van der Waals surface area contributed by atoms with Crippen LogP contribution in [0.25, 0.3) is 0 Å². The Morgan fingerprint density at radius 3 is 2.71 bits per heavy atom. The number of hydrogen-bond acceptors (Lipinski definition) is 4. The van der Waals surface area contributed by atoms with E-state index in [0.29, 0.717) is 0 Å². The highest BCUT2D eigenvalue weighted by molar-refractivity contribution is 9.10. The van der Waals surface area contributed by atoms with Gasteiger partial charge in [0.25, 0.3) is 5.91 Å². The van der Waals surface area contributed by atoms with Crippen molar-refractivity contribution in [3.05, 3.63) is 58.6 Å². The molecule has 0 unspecified atom stereocenters. The molecule has 0 heterocycles. The van der Waals surface area contributed by atoms with Crippen molar-refractivity contribution in [2.24, 2.45) is 5.10 Å². The number of carbonyl (C=O) groups is 1. The highest BCUT2D eigenvalue weighted by Crippen LogP contribution is 2.16. The number of halogens is 1. The fraction of sp³-hybridized carbons (Fsp3) is 0.222. The van der Waals surface area contributed by atoms with Crippen molar-refractivity contribution in [2.45, 2.75) is 13.3 Å². The van der Waals surface area contributed by atoms with Crippen LogP contribution in [0.3, 0.4) is 0 Å². The summed E-state index contributed by atoms with van der Waals surface area (Å²) in [5.41, 5.74) is 5.21. The van der Waals surface area contributed by atoms with E-state index in [-0.39, 0.29) is 12.5 Å². The van der Waals surface area contributed by atoms with Gasteiger partial charge in [-0.05, 0) is 36.2 Å². The first-order valence-corrected chi connectivity index (χ1v) is 8.41. The van der Waals surface area contributed by atoms with E-state index >= 15 is 0 Å². The van der Waals surface area contributed by atoms with E-state index in [1.165, 1.54) is 0 Å². The Labute approximate surface area is 150 Å². The quantitative estimate of drug-likeness (QED) is 0.559. The number of nitrogens with zero attached hydrogens (tertiary/aromatic N) is 1. The molecule has 0 bridgehead atoms. The van der Waals surface area contributed by atoms with Crippen molar-refractivity contribution < 1.29 is 9.53 Å². The first-order valence-electron chi connectivity index (χ1n) is 7.61. The minimum Gasteiger partial charge on any atom is -0.497 e. The molecule has 2 aromatic rings. The van der Waals surface area contributed by atoms with Crippen molar-refractivity contribution in [3.63, 3.8) is 0 Å². The molecule has 1 amide bonds. The summed E-state index contributed by atoms with van der Waals surface area (Å²) in [7, 11) is 1.61. The zero-order chi connectivity index (χ0) is 17.4. The van der Waals surface area contributed by atoms with Crippen molar-refractivity contribution in [2.75, 3.05) is 19.0 Å². The molecule has 2 N–H and O–H groups in total. The molecule has 0 aliphatic rings. The van der Waals surface area contributed by atoms with Gasteiger partial charge in [0, 0.05) is 16.2 Å². The van der Waals surface area contributed by atoms with Gasteiger partial charge >= 0.3 is 0 Å². The molecule has 0 atom stereocenters. The maximum absolute atomic E-state index is 12.0. The summed E-state index contributed by atoms with van der Waals surface area (Å²) in [6.45, 7) is 2.13. The second kappa shape index (κ2) is 9.08. The SMILES string of the molecule is CC/C(=N/NC(=O)CNc1cccc(OC)c1)c1cccc(Br)c1. The molecule has 2 rings (SSSR count). The van der Waals surface area contributed by atoms with Crippen LogP contribution in [-0.4, -0.2) is 25.3 Å². The summed E-state index contributed by atoms with van der Waals surface area (Å²) in [4.78, 5) is 12.0. The number of hydrazone groups is 1. The Morgan fingerprint density at radius 1 is 1.21 bits per heavy atom. The van der Waals surface area contributed by atoms with Gasteiger partial charge < -0.3 is 10.1 Å². The molecule has 126 valence electrons. The molecule has 0 aliphatic heterocycles. The van der Waals surface area contributed by atoms with Gasteiger partial charge in [0.05, 0.1) is 19.4 Å². The number of amides is 1. The number of methoxy groups -OCH3 is 1. The maximum Gasteiger partial charge on any atom is 0.259 e. The summed E-state index contributed by atoms with van der Waals surface area (Å²) < 4.78 is 6.13. The van der Waals surface area contributed by atoms with Gasteiger partial charge in [-0.3, -0.25) is 4.79 Å². The van der Waals surface area contributed by atoms with Crippen molar-refractivity contribution in [3.8, 4) is 5.75 Å². The van der Waals surface area contributed by atoms with E-state index in [2.05, 4.69) is 31.8 Å². The molecule has 0 aliphatic carbocycles. The van der Waals surface area contributed by atoms with Gasteiger partial charge in [0.15, 0.2) is 0 Å². The van der Waals surface area contributed by atoms with Crippen LogP contribution in [0, 0.1) is 0 Å². The lowest BCUT2D eigenvalue weighted by Gasteiger charge is -2.08. The van der Waals surface area contributed by atoms with Crippen LogP contribution in [0.5, 0.6) is 5.75 Å².